The van der Waals surface area contributed by atoms with Crippen LogP contribution >= 0.6 is 0 Å². The molecule has 7 nitrogen and oxygen atoms in total. The van der Waals surface area contributed by atoms with Crippen LogP contribution in [0.4, 0.5) is 0 Å². The first-order valence-electron chi connectivity index (χ1n) is 5.77. The second-order valence-electron chi connectivity index (χ2n) is 3.66. The van der Waals surface area contributed by atoms with Gasteiger partial charge >= 0.3 is 5.97 Å². The van der Waals surface area contributed by atoms with E-state index in [1.165, 1.54) is 7.11 Å². The fourth-order valence-corrected chi connectivity index (χ4v) is 1.27. The summed E-state index contributed by atoms with van der Waals surface area (Å²) in [7, 11) is 1.52. The molecule has 0 aliphatic heterocycles. The SMILES string of the molecule is CCOC(=O)C(N)C(=O)NCc1ccc(OC)nc1. The molecule has 0 aromatic carbocycles. The number of hydrogen-bond donors (Lipinski definition) is 2. The lowest BCUT2D eigenvalue weighted by atomic mass is 10.2. The minimum atomic E-state index is -1.31. The topological polar surface area (TPSA) is 104 Å². The number of carbonyl (C=O) groups excluding carboxylic acids is 2. The van der Waals surface area contributed by atoms with Gasteiger partial charge in [-0.3, -0.25) is 4.79 Å². The van der Waals surface area contributed by atoms with Gasteiger partial charge in [-0.1, -0.05) is 6.07 Å². The smallest absolute Gasteiger partial charge is 0.332 e. The van der Waals surface area contributed by atoms with Crippen molar-refractivity contribution in [3.05, 3.63) is 23.9 Å². The normalized spacial score (nSPS) is 11.5. The Balaban J connectivity index is 2.46. The third kappa shape index (κ3) is 4.55. The summed E-state index contributed by atoms with van der Waals surface area (Å²) < 4.78 is 9.57. The fourth-order valence-electron chi connectivity index (χ4n) is 1.27. The van der Waals surface area contributed by atoms with Crippen LogP contribution in [0.25, 0.3) is 0 Å². The molecule has 0 bridgehead atoms. The van der Waals surface area contributed by atoms with Crippen LogP contribution in [0.15, 0.2) is 18.3 Å². The van der Waals surface area contributed by atoms with E-state index in [2.05, 4.69) is 15.0 Å². The number of nitrogens with one attached hydrogen (secondary N) is 1. The lowest BCUT2D eigenvalue weighted by molar-refractivity contribution is -0.148. The summed E-state index contributed by atoms with van der Waals surface area (Å²) in [5.74, 6) is -0.847. The molecule has 0 aliphatic rings. The molecule has 1 heterocycles. The highest BCUT2D eigenvalue weighted by Crippen LogP contribution is 2.06. The Kier molecular flexibility index (Phi) is 5.74. The highest BCUT2D eigenvalue weighted by Gasteiger charge is 2.22. The van der Waals surface area contributed by atoms with Crippen LogP contribution in [0.3, 0.4) is 0 Å². The summed E-state index contributed by atoms with van der Waals surface area (Å²) in [6, 6.07) is 2.11. The molecular formula is C12H17N3O4. The first-order chi connectivity index (χ1) is 9.08. The van der Waals surface area contributed by atoms with E-state index in [9.17, 15) is 9.59 Å². The molecule has 0 fully saturated rings. The highest BCUT2D eigenvalue weighted by atomic mass is 16.5. The monoisotopic (exact) mass is 267 g/mol. The lowest BCUT2D eigenvalue weighted by Crippen LogP contribution is -2.46. The van der Waals surface area contributed by atoms with Gasteiger partial charge < -0.3 is 20.5 Å². The minimum absolute atomic E-state index is 0.183. The van der Waals surface area contributed by atoms with Gasteiger partial charge in [-0.05, 0) is 12.5 Å². The van der Waals surface area contributed by atoms with Crippen molar-refractivity contribution in [3.63, 3.8) is 0 Å². The number of amides is 1. The van der Waals surface area contributed by atoms with Crippen molar-refractivity contribution in [3.8, 4) is 5.88 Å². The Morgan fingerprint density at radius 2 is 2.21 bits per heavy atom. The first kappa shape index (κ1) is 14.9. The Morgan fingerprint density at radius 3 is 2.74 bits per heavy atom. The molecule has 0 spiro atoms. The van der Waals surface area contributed by atoms with Crippen LogP contribution in [0, 0.1) is 0 Å². The van der Waals surface area contributed by atoms with Crippen LogP contribution in [-0.2, 0) is 20.9 Å². The molecule has 0 radical (unpaired) electrons. The molecule has 1 rings (SSSR count). The van der Waals surface area contributed by atoms with Crippen LogP contribution in [0.1, 0.15) is 12.5 Å². The fraction of sp³-hybridized carbons (Fsp3) is 0.417. The standard InChI is InChI=1S/C12H17N3O4/c1-3-19-12(17)10(13)11(16)15-7-8-4-5-9(18-2)14-6-8/h4-6,10H,3,7,13H2,1-2H3,(H,15,16). The third-order valence-corrected chi connectivity index (χ3v) is 2.30. The van der Waals surface area contributed by atoms with Crippen LogP contribution < -0.4 is 15.8 Å². The van der Waals surface area contributed by atoms with E-state index >= 15 is 0 Å². The van der Waals surface area contributed by atoms with Gasteiger partial charge in [0.2, 0.25) is 11.8 Å². The van der Waals surface area contributed by atoms with Crippen molar-refractivity contribution in [1.82, 2.24) is 10.3 Å². The molecule has 7 heteroatoms. The number of nitrogens with two attached hydrogens (primary N) is 1. The molecule has 0 saturated heterocycles. The average Bonchev–Trinajstić information content (AvgIpc) is 2.44. The number of carbonyl (C=O) groups is 2. The zero-order valence-corrected chi connectivity index (χ0v) is 10.9. The van der Waals surface area contributed by atoms with Crippen LogP contribution in [-0.4, -0.2) is 36.6 Å². The van der Waals surface area contributed by atoms with Crippen LogP contribution in [0.5, 0.6) is 5.88 Å². The molecule has 1 aromatic heterocycles. The predicted octanol–water partition coefficient (Wildman–Crippen LogP) is -0.403. The van der Waals surface area contributed by atoms with Gasteiger partial charge in [-0.2, -0.15) is 0 Å². The second-order valence-corrected chi connectivity index (χ2v) is 3.66. The second kappa shape index (κ2) is 7.32. The first-order valence-corrected chi connectivity index (χ1v) is 5.77. The molecule has 0 aliphatic carbocycles. The zero-order valence-electron chi connectivity index (χ0n) is 10.9. The highest BCUT2D eigenvalue weighted by molar-refractivity contribution is 6.01. The largest absolute Gasteiger partial charge is 0.481 e. The number of esters is 1. The quantitative estimate of drug-likeness (QED) is 0.537. The third-order valence-electron chi connectivity index (χ3n) is 2.30. The van der Waals surface area contributed by atoms with Crippen molar-refractivity contribution in [2.24, 2.45) is 5.73 Å². The van der Waals surface area contributed by atoms with Gasteiger partial charge in [-0.25, -0.2) is 9.78 Å². The van der Waals surface area contributed by atoms with Gasteiger partial charge in [0.15, 0.2) is 6.04 Å². The molecule has 1 amide bonds. The summed E-state index contributed by atoms with van der Waals surface area (Å²) in [4.78, 5) is 26.8. The molecule has 0 saturated carbocycles. The molecule has 19 heavy (non-hydrogen) atoms. The van der Waals surface area contributed by atoms with Gasteiger partial charge in [-0.15, -0.1) is 0 Å². The Morgan fingerprint density at radius 1 is 1.47 bits per heavy atom. The van der Waals surface area contributed by atoms with Gasteiger partial charge in [0, 0.05) is 18.8 Å². The molecule has 1 aromatic rings. The zero-order chi connectivity index (χ0) is 14.3. The average molecular weight is 267 g/mol. The maximum Gasteiger partial charge on any atom is 0.332 e. The number of ether oxygens (including phenoxy) is 2. The summed E-state index contributed by atoms with van der Waals surface area (Å²) in [5.41, 5.74) is 6.20. The maximum atomic E-state index is 11.6. The van der Waals surface area contributed by atoms with E-state index < -0.39 is 17.9 Å². The predicted molar refractivity (Wildman–Crippen MR) is 67.2 cm³/mol. The van der Waals surface area contributed by atoms with E-state index in [1.54, 1.807) is 25.3 Å². The van der Waals surface area contributed by atoms with E-state index in [4.69, 9.17) is 10.5 Å². The van der Waals surface area contributed by atoms with Gasteiger partial charge in [0.25, 0.3) is 0 Å². The molecule has 1 atom stereocenters. The molecule has 104 valence electrons. The molecule has 1 unspecified atom stereocenters. The number of rotatable bonds is 6. The Bertz CT molecular complexity index is 433. The number of nitrogens with zero attached hydrogens (tertiary/aromatic N) is 1. The van der Waals surface area contributed by atoms with Crippen LogP contribution in [0.2, 0.25) is 0 Å². The molecular weight excluding hydrogens is 250 g/mol. The van der Waals surface area contributed by atoms with Gasteiger partial charge in [0.05, 0.1) is 13.7 Å². The number of pyridine rings is 1. The summed E-state index contributed by atoms with van der Waals surface area (Å²) >= 11 is 0. The van der Waals surface area contributed by atoms with Crippen molar-refractivity contribution in [2.45, 2.75) is 19.5 Å². The van der Waals surface area contributed by atoms with E-state index in [1.807, 2.05) is 0 Å². The number of hydrogen-bond acceptors (Lipinski definition) is 6. The summed E-state index contributed by atoms with van der Waals surface area (Å²) in [6.07, 6.45) is 1.56. The maximum absolute atomic E-state index is 11.6. The van der Waals surface area contributed by atoms with Crippen molar-refractivity contribution >= 4 is 11.9 Å². The lowest BCUT2D eigenvalue weighted by Gasteiger charge is -2.11. The Hall–Kier alpha value is -2.15. The number of aromatic nitrogens is 1. The summed E-state index contributed by atoms with van der Waals surface area (Å²) in [5, 5.41) is 2.53. The minimum Gasteiger partial charge on any atom is -0.481 e. The van der Waals surface area contributed by atoms with E-state index in [0.717, 1.165) is 5.56 Å². The summed E-state index contributed by atoms with van der Waals surface area (Å²) in [6.45, 7) is 2.05. The van der Waals surface area contributed by atoms with Crippen molar-refractivity contribution in [2.75, 3.05) is 13.7 Å². The number of methoxy groups -OCH3 is 1. The van der Waals surface area contributed by atoms with E-state index in [-0.39, 0.29) is 13.2 Å². The van der Waals surface area contributed by atoms with Crippen molar-refractivity contribution in [1.29, 1.82) is 0 Å². The Labute approximate surface area is 111 Å². The van der Waals surface area contributed by atoms with E-state index in [0.29, 0.717) is 5.88 Å². The van der Waals surface area contributed by atoms with Gasteiger partial charge in [0.1, 0.15) is 0 Å². The van der Waals surface area contributed by atoms with Crippen molar-refractivity contribution < 1.29 is 19.1 Å². The molecule has 3 N–H and O–H groups in total.